The molecule has 0 fully saturated rings. The Labute approximate surface area is 147 Å². The molecule has 0 heterocycles. The van der Waals surface area contributed by atoms with E-state index in [2.05, 4.69) is 5.32 Å². The molecule has 2 aromatic carbocycles. The fraction of sp³-hybridized carbons (Fsp3) is 0.316. The smallest absolute Gasteiger partial charge is 0.261 e. The third kappa shape index (κ3) is 5.46. The quantitative estimate of drug-likeness (QED) is 0.734. The number of para-hydroxylation sites is 1. The predicted octanol–water partition coefficient (Wildman–Crippen LogP) is 4.00. The standard InChI is InChI=1S/C19H22ClNO3/c1-3-17(24-18-10-5-4-9-16(18)20)19(22)21-11-12-23-15-8-6-7-14(2)13-15/h4-10,13,17H,3,11-12H2,1-2H3,(H,21,22). The minimum atomic E-state index is -0.580. The molecule has 1 amide bonds. The molecule has 2 aromatic rings. The predicted molar refractivity (Wildman–Crippen MR) is 95.8 cm³/mol. The number of aryl methyl sites for hydroxylation is 1. The highest BCUT2D eigenvalue weighted by Crippen LogP contribution is 2.24. The number of benzene rings is 2. The first-order valence-corrected chi connectivity index (χ1v) is 8.36. The van der Waals surface area contributed by atoms with Gasteiger partial charge >= 0.3 is 0 Å². The highest BCUT2D eigenvalue weighted by molar-refractivity contribution is 6.32. The van der Waals surface area contributed by atoms with Crippen molar-refractivity contribution in [3.8, 4) is 11.5 Å². The van der Waals surface area contributed by atoms with Crippen LogP contribution in [-0.4, -0.2) is 25.2 Å². The number of hydrogen-bond donors (Lipinski definition) is 1. The van der Waals surface area contributed by atoms with Gasteiger partial charge in [-0.15, -0.1) is 0 Å². The van der Waals surface area contributed by atoms with Gasteiger partial charge in [0.2, 0.25) is 0 Å². The van der Waals surface area contributed by atoms with Crippen molar-refractivity contribution in [2.45, 2.75) is 26.4 Å². The first-order chi connectivity index (χ1) is 11.6. The topological polar surface area (TPSA) is 47.6 Å². The van der Waals surface area contributed by atoms with Crippen molar-refractivity contribution in [2.24, 2.45) is 0 Å². The van der Waals surface area contributed by atoms with E-state index in [1.807, 2.05) is 50.2 Å². The molecular formula is C19H22ClNO3. The molecule has 0 aliphatic rings. The van der Waals surface area contributed by atoms with Gasteiger partial charge in [0, 0.05) is 0 Å². The number of carbonyl (C=O) groups excluding carboxylic acids is 1. The fourth-order valence-electron chi connectivity index (χ4n) is 2.18. The molecule has 0 saturated heterocycles. The maximum Gasteiger partial charge on any atom is 0.261 e. The molecule has 4 nitrogen and oxygen atoms in total. The summed E-state index contributed by atoms with van der Waals surface area (Å²) in [6.07, 6.45) is -0.0284. The zero-order valence-electron chi connectivity index (χ0n) is 13.9. The molecule has 0 bridgehead atoms. The number of ether oxygens (including phenoxy) is 2. The Morgan fingerprint density at radius 1 is 1.21 bits per heavy atom. The summed E-state index contributed by atoms with van der Waals surface area (Å²) < 4.78 is 11.3. The normalized spacial score (nSPS) is 11.6. The van der Waals surface area contributed by atoms with Crippen LogP contribution in [0.2, 0.25) is 5.02 Å². The summed E-state index contributed by atoms with van der Waals surface area (Å²) in [5.74, 6) is 1.13. The molecule has 0 saturated carbocycles. The Bertz CT molecular complexity index is 675. The van der Waals surface area contributed by atoms with Gasteiger partial charge in [-0.3, -0.25) is 4.79 Å². The zero-order chi connectivity index (χ0) is 17.4. The van der Waals surface area contributed by atoms with Gasteiger partial charge in [-0.25, -0.2) is 0 Å². The van der Waals surface area contributed by atoms with Gasteiger partial charge < -0.3 is 14.8 Å². The van der Waals surface area contributed by atoms with E-state index >= 15 is 0 Å². The monoisotopic (exact) mass is 347 g/mol. The van der Waals surface area contributed by atoms with Crippen molar-refractivity contribution in [1.29, 1.82) is 0 Å². The molecule has 1 unspecified atom stereocenters. The van der Waals surface area contributed by atoms with Crippen molar-refractivity contribution in [3.63, 3.8) is 0 Å². The summed E-state index contributed by atoms with van der Waals surface area (Å²) in [5.41, 5.74) is 1.13. The van der Waals surface area contributed by atoms with E-state index in [-0.39, 0.29) is 5.91 Å². The zero-order valence-corrected chi connectivity index (χ0v) is 14.7. The molecule has 24 heavy (non-hydrogen) atoms. The van der Waals surface area contributed by atoms with Crippen LogP contribution in [0, 0.1) is 6.92 Å². The first-order valence-electron chi connectivity index (χ1n) is 7.98. The Morgan fingerprint density at radius 3 is 2.71 bits per heavy atom. The summed E-state index contributed by atoms with van der Waals surface area (Å²) in [6.45, 7) is 4.71. The second-order valence-electron chi connectivity index (χ2n) is 5.40. The molecule has 0 radical (unpaired) electrons. The van der Waals surface area contributed by atoms with Crippen molar-refractivity contribution in [2.75, 3.05) is 13.2 Å². The van der Waals surface area contributed by atoms with Crippen molar-refractivity contribution >= 4 is 17.5 Å². The second kappa shape index (κ2) is 9.18. The Morgan fingerprint density at radius 2 is 2.00 bits per heavy atom. The van der Waals surface area contributed by atoms with Crippen LogP contribution in [0.25, 0.3) is 0 Å². The van der Waals surface area contributed by atoms with E-state index in [1.54, 1.807) is 12.1 Å². The first kappa shape index (κ1) is 18.1. The summed E-state index contributed by atoms with van der Waals surface area (Å²) in [4.78, 5) is 12.2. The fourth-order valence-corrected chi connectivity index (χ4v) is 2.36. The van der Waals surface area contributed by atoms with E-state index in [9.17, 15) is 4.79 Å². The number of amides is 1. The Kier molecular flexibility index (Phi) is 6.94. The summed E-state index contributed by atoms with van der Waals surface area (Å²) in [5, 5.41) is 3.32. The van der Waals surface area contributed by atoms with Gasteiger partial charge in [0.05, 0.1) is 11.6 Å². The average molecular weight is 348 g/mol. The van der Waals surface area contributed by atoms with E-state index in [0.717, 1.165) is 11.3 Å². The van der Waals surface area contributed by atoms with Crippen LogP contribution in [0.1, 0.15) is 18.9 Å². The molecule has 5 heteroatoms. The minimum Gasteiger partial charge on any atom is -0.492 e. The number of hydrogen-bond acceptors (Lipinski definition) is 3. The molecular weight excluding hydrogens is 326 g/mol. The third-order valence-corrected chi connectivity index (χ3v) is 3.74. The van der Waals surface area contributed by atoms with Crippen molar-refractivity contribution in [1.82, 2.24) is 5.32 Å². The van der Waals surface area contributed by atoms with E-state index < -0.39 is 6.10 Å². The van der Waals surface area contributed by atoms with Crippen molar-refractivity contribution < 1.29 is 14.3 Å². The lowest BCUT2D eigenvalue weighted by Gasteiger charge is -2.18. The minimum absolute atomic E-state index is 0.176. The van der Waals surface area contributed by atoms with Crippen LogP contribution >= 0.6 is 11.6 Å². The summed E-state index contributed by atoms with van der Waals surface area (Å²) in [7, 11) is 0. The Balaban J connectivity index is 1.78. The maximum atomic E-state index is 12.2. The van der Waals surface area contributed by atoms with Crippen LogP contribution in [0.4, 0.5) is 0 Å². The van der Waals surface area contributed by atoms with E-state index in [0.29, 0.717) is 30.3 Å². The Hall–Kier alpha value is -2.20. The van der Waals surface area contributed by atoms with Crippen LogP contribution in [-0.2, 0) is 4.79 Å². The van der Waals surface area contributed by atoms with Gasteiger partial charge in [-0.05, 0) is 43.2 Å². The molecule has 0 aliphatic carbocycles. The van der Waals surface area contributed by atoms with Gasteiger partial charge in [-0.2, -0.15) is 0 Å². The van der Waals surface area contributed by atoms with Gasteiger partial charge in [-0.1, -0.05) is 42.8 Å². The highest BCUT2D eigenvalue weighted by atomic mass is 35.5. The molecule has 1 N–H and O–H groups in total. The van der Waals surface area contributed by atoms with Crippen LogP contribution in [0.3, 0.4) is 0 Å². The van der Waals surface area contributed by atoms with E-state index in [1.165, 1.54) is 0 Å². The summed E-state index contributed by atoms with van der Waals surface area (Å²) >= 11 is 6.06. The molecule has 2 rings (SSSR count). The van der Waals surface area contributed by atoms with E-state index in [4.69, 9.17) is 21.1 Å². The lowest BCUT2D eigenvalue weighted by molar-refractivity contribution is -0.128. The lowest BCUT2D eigenvalue weighted by Crippen LogP contribution is -2.39. The molecule has 0 spiro atoms. The largest absolute Gasteiger partial charge is 0.492 e. The van der Waals surface area contributed by atoms with Gasteiger partial charge in [0.1, 0.15) is 18.1 Å². The molecule has 1 atom stereocenters. The highest BCUT2D eigenvalue weighted by Gasteiger charge is 2.18. The maximum absolute atomic E-state index is 12.2. The van der Waals surface area contributed by atoms with Crippen LogP contribution in [0.15, 0.2) is 48.5 Å². The van der Waals surface area contributed by atoms with Crippen molar-refractivity contribution in [3.05, 3.63) is 59.1 Å². The number of rotatable bonds is 8. The molecule has 128 valence electrons. The number of halogens is 1. The number of nitrogens with one attached hydrogen (secondary N) is 1. The third-order valence-electron chi connectivity index (χ3n) is 3.43. The molecule has 0 aliphatic heterocycles. The van der Waals surface area contributed by atoms with Crippen LogP contribution in [0.5, 0.6) is 11.5 Å². The summed E-state index contributed by atoms with van der Waals surface area (Å²) in [6, 6.07) is 14.9. The van der Waals surface area contributed by atoms with Gasteiger partial charge in [0.25, 0.3) is 5.91 Å². The average Bonchev–Trinajstić information content (AvgIpc) is 2.58. The SMILES string of the molecule is CCC(Oc1ccccc1Cl)C(=O)NCCOc1cccc(C)c1. The molecule has 0 aromatic heterocycles. The number of carbonyl (C=O) groups is 1. The lowest BCUT2D eigenvalue weighted by atomic mass is 10.2. The van der Waals surface area contributed by atoms with Gasteiger partial charge in [0.15, 0.2) is 6.10 Å². The van der Waals surface area contributed by atoms with Crippen LogP contribution < -0.4 is 14.8 Å². The second-order valence-corrected chi connectivity index (χ2v) is 5.81.